The topological polar surface area (TPSA) is 72.2 Å². The predicted molar refractivity (Wildman–Crippen MR) is 101 cm³/mol. The number of rotatable bonds is 4. The van der Waals surface area contributed by atoms with Crippen molar-refractivity contribution in [1.29, 1.82) is 0 Å². The van der Waals surface area contributed by atoms with E-state index in [2.05, 4.69) is 9.88 Å². The monoisotopic (exact) mass is 376 g/mol. The van der Waals surface area contributed by atoms with Crippen LogP contribution in [0.4, 0.5) is 5.69 Å². The lowest BCUT2D eigenvalue weighted by Gasteiger charge is -2.12. The van der Waals surface area contributed by atoms with E-state index in [0.717, 1.165) is 20.9 Å². The zero-order chi connectivity index (χ0) is 18.4. The standard InChI is InChI=1S/C18H20N2O3S2/c1-10-6-7-11(2)15(8-10)20-25(21,22)18-14(5)24-13(4)17(18)16-9-12(3)19-23-16/h6-9,20H,1-5H3. The number of hydrogen-bond donors (Lipinski definition) is 1. The van der Waals surface area contributed by atoms with E-state index in [9.17, 15) is 8.42 Å². The molecule has 0 unspecified atom stereocenters. The maximum absolute atomic E-state index is 13.1. The first-order chi connectivity index (χ1) is 11.7. The van der Waals surface area contributed by atoms with Gasteiger partial charge in [-0.05, 0) is 51.8 Å². The highest BCUT2D eigenvalue weighted by Gasteiger charge is 2.28. The van der Waals surface area contributed by atoms with Crippen molar-refractivity contribution in [3.8, 4) is 11.3 Å². The van der Waals surface area contributed by atoms with Gasteiger partial charge in [0.1, 0.15) is 4.90 Å². The molecular formula is C18H20N2O3S2. The Labute approximate surface area is 151 Å². The van der Waals surface area contributed by atoms with Crippen molar-refractivity contribution in [2.24, 2.45) is 0 Å². The molecule has 0 radical (unpaired) electrons. The van der Waals surface area contributed by atoms with Gasteiger partial charge in [0.05, 0.1) is 16.9 Å². The SMILES string of the molecule is Cc1ccc(C)c(NS(=O)(=O)c2c(C)sc(C)c2-c2cc(C)no2)c1. The molecule has 132 valence electrons. The summed E-state index contributed by atoms with van der Waals surface area (Å²) in [7, 11) is -3.76. The van der Waals surface area contributed by atoms with Gasteiger partial charge in [0, 0.05) is 15.8 Å². The number of hydrogen-bond acceptors (Lipinski definition) is 5. The molecule has 0 aliphatic heterocycles. The van der Waals surface area contributed by atoms with Gasteiger partial charge < -0.3 is 4.52 Å². The van der Waals surface area contributed by atoms with Crippen LogP contribution < -0.4 is 4.72 Å². The van der Waals surface area contributed by atoms with E-state index >= 15 is 0 Å². The number of aromatic nitrogens is 1. The third-order valence-corrected chi connectivity index (χ3v) is 6.67. The molecule has 0 amide bonds. The molecule has 0 aliphatic carbocycles. The quantitative estimate of drug-likeness (QED) is 0.713. The van der Waals surface area contributed by atoms with Crippen LogP contribution in [0, 0.1) is 34.6 Å². The minimum atomic E-state index is -3.76. The van der Waals surface area contributed by atoms with E-state index in [1.165, 1.54) is 11.3 Å². The molecule has 3 aromatic rings. The molecule has 5 nitrogen and oxygen atoms in total. The van der Waals surface area contributed by atoms with Gasteiger partial charge in [-0.1, -0.05) is 17.3 Å². The summed E-state index contributed by atoms with van der Waals surface area (Å²) in [6, 6.07) is 7.45. The minimum absolute atomic E-state index is 0.257. The van der Waals surface area contributed by atoms with E-state index in [1.807, 2.05) is 52.8 Å². The molecule has 0 bridgehead atoms. The van der Waals surface area contributed by atoms with E-state index < -0.39 is 10.0 Å². The van der Waals surface area contributed by atoms with Crippen molar-refractivity contribution in [1.82, 2.24) is 5.16 Å². The number of aryl methyl sites for hydroxylation is 5. The van der Waals surface area contributed by atoms with Gasteiger partial charge >= 0.3 is 0 Å². The Morgan fingerprint density at radius 3 is 2.40 bits per heavy atom. The third-order valence-electron chi connectivity index (χ3n) is 3.99. The molecule has 7 heteroatoms. The van der Waals surface area contributed by atoms with Crippen LogP contribution in [0.15, 0.2) is 33.7 Å². The van der Waals surface area contributed by atoms with Gasteiger partial charge in [-0.25, -0.2) is 8.42 Å². The smallest absolute Gasteiger partial charge is 0.263 e. The Kier molecular flexibility index (Phi) is 4.47. The molecule has 2 aromatic heterocycles. The van der Waals surface area contributed by atoms with E-state index in [4.69, 9.17) is 4.52 Å². The molecule has 1 N–H and O–H groups in total. The highest BCUT2D eigenvalue weighted by molar-refractivity contribution is 7.93. The largest absolute Gasteiger partial charge is 0.356 e. The molecular weight excluding hydrogens is 356 g/mol. The average Bonchev–Trinajstić information content (AvgIpc) is 3.05. The Morgan fingerprint density at radius 1 is 1.04 bits per heavy atom. The fraction of sp³-hybridized carbons (Fsp3) is 0.278. The molecule has 0 fully saturated rings. The lowest BCUT2D eigenvalue weighted by Crippen LogP contribution is -2.15. The fourth-order valence-corrected chi connectivity index (χ4v) is 5.78. The second-order valence-corrected chi connectivity index (χ2v) is 9.22. The Bertz CT molecular complexity index is 1050. The first-order valence-corrected chi connectivity index (χ1v) is 10.1. The van der Waals surface area contributed by atoms with Gasteiger partial charge in [-0.3, -0.25) is 4.72 Å². The number of nitrogens with zero attached hydrogens (tertiary/aromatic N) is 1. The lowest BCUT2D eigenvalue weighted by atomic mass is 10.1. The summed E-state index contributed by atoms with van der Waals surface area (Å²) < 4.78 is 34.3. The number of nitrogens with one attached hydrogen (secondary N) is 1. The van der Waals surface area contributed by atoms with E-state index in [0.29, 0.717) is 22.7 Å². The minimum Gasteiger partial charge on any atom is -0.356 e. The van der Waals surface area contributed by atoms with Crippen LogP contribution in [0.3, 0.4) is 0 Å². The number of thiophene rings is 1. The number of anilines is 1. The summed E-state index contributed by atoms with van der Waals surface area (Å²) in [5, 5.41) is 3.89. The molecule has 2 heterocycles. The molecule has 3 rings (SSSR count). The number of benzene rings is 1. The zero-order valence-corrected chi connectivity index (χ0v) is 16.4. The fourth-order valence-electron chi connectivity index (χ4n) is 2.79. The molecule has 0 atom stereocenters. The van der Waals surface area contributed by atoms with Crippen molar-refractivity contribution in [2.45, 2.75) is 39.5 Å². The summed E-state index contributed by atoms with van der Waals surface area (Å²) in [6.45, 7) is 9.32. The second kappa shape index (κ2) is 6.31. The van der Waals surface area contributed by atoms with Crippen molar-refractivity contribution in [3.63, 3.8) is 0 Å². The zero-order valence-electron chi connectivity index (χ0n) is 14.8. The molecule has 0 saturated carbocycles. The average molecular weight is 377 g/mol. The summed E-state index contributed by atoms with van der Waals surface area (Å²) in [5.74, 6) is 0.473. The normalized spacial score (nSPS) is 11.7. The predicted octanol–water partition coefficient (Wildman–Crippen LogP) is 4.75. The van der Waals surface area contributed by atoms with Crippen LogP contribution in [0.1, 0.15) is 26.6 Å². The van der Waals surface area contributed by atoms with E-state index in [-0.39, 0.29) is 4.90 Å². The third kappa shape index (κ3) is 3.34. The van der Waals surface area contributed by atoms with Crippen LogP contribution >= 0.6 is 11.3 Å². The summed E-state index contributed by atoms with van der Waals surface area (Å²) in [4.78, 5) is 1.86. The Balaban J connectivity index is 2.13. The maximum atomic E-state index is 13.1. The van der Waals surface area contributed by atoms with Gasteiger partial charge in [-0.2, -0.15) is 0 Å². The molecule has 0 saturated heterocycles. The van der Waals surface area contributed by atoms with Crippen LogP contribution in [-0.4, -0.2) is 13.6 Å². The van der Waals surface area contributed by atoms with Crippen LogP contribution in [0.25, 0.3) is 11.3 Å². The van der Waals surface area contributed by atoms with Crippen molar-refractivity contribution in [2.75, 3.05) is 4.72 Å². The molecule has 0 aliphatic rings. The molecule has 25 heavy (non-hydrogen) atoms. The van der Waals surface area contributed by atoms with Crippen molar-refractivity contribution >= 4 is 27.0 Å². The van der Waals surface area contributed by atoms with Crippen molar-refractivity contribution < 1.29 is 12.9 Å². The lowest BCUT2D eigenvalue weighted by molar-refractivity contribution is 0.426. The second-order valence-electron chi connectivity index (χ2n) is 6.17. The first-order valence-electron chi connectivity index (χ1n) is 7.83. The van der Waals surface area contributed by atoms with Crippen molar-refractivity contribution in [3.05, 3.63) is 50.8 Å². The molecule has 1 aromatic carbocycles. The van der Waals surface area contributed by atoms with Gasteiger partial charge in [-0.15, -0.1) is 11.3 Å². The summed E-state index contributed by atoms with van der Waals surface area (Å²) >= 11 is 1.44. The van der Waals surface area contributed by atoms with Crippen LogP contribution in [0.2, 0.25) is 0 Å². The maximum Gasteiger partial charge on any atom is 0.263 e. The van der Waals surface area contributed by atoms with Gasteiger partial charge in [0.2, 0.25) is 0 Å². The van der Waals surface area contributed by atoms with Gasteiger partial charge in [0.25, 0.3) is 10.0 Å². The Hall–Kier alpha value is -2.12. The Morgan fingerprint density at radius 2 is 1.76 bits per heavy atom. The van der Waals surface area contributed by atoms with Gasteiger partial charge in [0.15, 0.2) is 5.76 Å². The van der Waals surface area contributed by atoms with Crippen LogP contribution in [-0.2, 0) is 10.0 Å². The number of sulfonamides is 1. The highest BCUT2D eigenvalue weighted by Crippen LogP contribution is 2.40. The van der Waals surface area contributed by atoms with Crippen LogP contribution in [0.5, 0.6) is 0 Å². The first kappa shape index (κ1) is 17.7. The summed E-state index contributed by atoms with van der Waals surface area (Å²) in [5.41, 5.74) is 3.75. The molecule has 0 spiro atoms. The van der Waals surface area contributed by atoms with E-state index in [1.54, 1.807) is 6.07 Å². The highest BCUT2D eigenvalue weighted by atomic mass is 32.2. The summed E-state index contributed by atoms with van der Waals surface area (Å²) in [6.07, 6.45) is 0.